The van der Waals surface area contributed by atoms with Gasteiger partial charge in [-0.3, -0.25) is 20.2 Å². The van der Waals surface area contributed by atoms with Crippen LogP contribution in [-0.4, -0.2) is 38.1 Å². The lowest BCUT2D eigenvalue weighted by atomic mass is 9.95. The number of nitrogens with zero attached hydrogens (tertiary/aromatic N) is 4. The second-order valence-corrected chi connectivity index (χ2v) is 9.17. The van der Waals surface area contributed by atoms with Crippen molar-refractivity contribution in [2.75, 3.05) is 10.6 Å². The molecule has 1 unspecified atom stereocenters. The molecule has 1 atom stereocenters. The summed E-state index contributed by atoms with van der Waals surface area (Å²) in [5.74, 6) is -1.20. The Kier molecular flexibility index (Phi) is 6.36. The number of aliphatic carboxylic acids is 1. The van der Waals surface area contributed by atoms with Gasteiger partial charge in [-0.25, -0.2) is 4.99 Å². The number of nitrogens with one attached hydrogen (secondary N) is 3. The number of benzene rings is 2. The van der Waals surface area contributed by atoms with E-state index in [1.165, 1.54) is 0 Å². The number of aliphatic imine (C=N–C) groups is 1. The first-order chi connectivity index (χ1) is 17.4. The van der Waals surface area contributed by atoms with Crippen molar-refractivity contribution in [3.05, 3.63) is 75.4 Å². The number of hydrogen-bond acceptors (Lipinski definition) is 10. The highest BCUT2D eigenvalue weighted by Crippen LogP contribution is 2.35. The SMILES string of the molecule is CC1=C(C(=O)Nc2nnc(CC(=O)O)s2)C(c2ccccc2Cl)N=C(Nc2nc3ccccc3o2)N1. The van der Waals surface area contributed by atoms with Gasteiger partial charge in [-0.2, -0.15) is 4.98 Å². The molecule has 36 heavy (non-hydrogen) atoms. The van der Waals surface area contributed by atoms with Gasteiger partial charge in [0.15, 0.2) is 5.58 Å². The molecule has 0 saturated heterocycles. The third-order valence-corrected chi connectivity index (χ3v) is 6.38. The number of anilines is 2. The number of halogens is 1. The quantitative estimate of drug-likeness (QED) is 0.293. The van der Waals surface area contributed by atoms with E-state index in [-0.39, 0.29) is 22.6 Å². The minimum atomic E-state index is -1.04. The lowest BCUT2D eigenvalue weighted by Gasteiger charge is -2.26. The number of fused-ring (bicyclic) bond motifs is 1. The van der Waals surface area contributed by atoms with Crippen LogP contribution in [-0.2, 0) is 16.0 Å². The number of hydrogen-bond donors (Lipinski definition) is 4. The molecule has 1 amide bonds. The van der Waals surface area contributed by atoms with Gasteiger partial charge in [0.2, 0.25) is 11.1 Å². The van der Waals surface area contributed by atoms with Crippen molar-refractivity contribution in [3.63, 3.8) is 0 Å². The molecule has 13 heteroatoms. The van der Waals surface area contributed by atoms with Crippen LogP contribution in [0.3, 0.4) is 0 Å². The minimum Gasteiger partial charge on any atom is -0.481 e. The first-order valence-electron chi connectivity index (χ1n) is 10.7. The molecular formula is C23H18ClN7O4S. The number of rotatable bonds is 6. The van der Waals surface area contributed by atoms with Crippen LogP contribution >= 0.6 is 22.9 Å². The molecule has 11 nitrogen and oxygen atoms in total. The van der Waals surface area contributed by atoms with E-state index in [0.717, 1.165) is 11.3 Å². The van der Waals surface area contributed by atoms with E-state index in [0.29, 0.717) is 38.9 Å². The molecular weight excluding hydrogens is 506 g/mol. The van der Waals surface area contributed by atoms with E-state index in [1.807, 2.05) is 18.2 Å². The van der Waals surface area contributed by atoms with Crippen LogP contribution in [0.4, 0.5) is 11.1 Å². The molecule has 0 bridgehead atoms. The lowest BCUT2D eigenvalue weighted by molar-refractivity contribution is -0.136. The average molecular weight is 524 g/mol. The van der Waals surface area contributed by atoms with Crippen molar-refractivity contribution in [1.29, 1.82) is 0 Å². The largest absolute Gasteiger partial charge is 0.481 e. The Morgan fingerprint density at radius 2 is 1.94 bits per heavy atom. The van der Waals surface area contributed by atoms with Crippen LogP contribution in [0.25, 0.3) is 11.1 Å². The Hall–Kier alpha value is -4.29. The minimum absolute atomic E-state index is 0.175. The lowest BCUT2D eigenvalue weighted by Crippen LogP contribution is -2.37. The summed E-state index contributed by atoms with van der Waals surface area (Å²) in [7, 11) is 0. The van der Waals surface area contributed by atoms with E-state index in [1.54, 1.807) is 37.3 Å². The second-order valence-electron chi connectivity index (χ2n) is 7.70. The predicted molar refractivity (Wildman–Crippen MR) is 135 cm³/mol. The Morgan fingerprint density at radius 3 is 2.72 bits per heavy atom. The van der Waals surface area contributed by atoms with E-state index in [2.05, 4.69) is 31.1 Å². The predicted octanol–water partition coefficient (Wildman–Crippen LogP) is 3.98. The fourth-order valence-electron chi connectivity index (χ4n) is 3.65. The summed E-state index contributed by atoms with van der Waals surface area (Å²) in [4.78, 5) is 33.4. The number of carbonyl (C=O) groups is 2. The number of carbonyl (C=O) groups excluding carboxylic acids is 1. The number of aromatic nitrogens is 3. The fourth-order valence-corrected chi connectivity index (χ4v) is 4.62. The van der Waals surface area contributed by atoms with Gasteiger partial charge in [0.1, 0.15) is 16.6 Å². The molecule has 0 saturated carbocycles. The van der Waals surface area contributed by atoms with Crippen LogP contribution in [0.2, 0.25) is 5.02 Å². The van der Waals surface area contributed by atoms with Gasteiger partial charge in [-0.15, -0.1) is 10.2 Å². The van der Waals surface area contributed by atoms with Crippen molar-refractivity contribution < 1.29 is 19.1 Å². The van der Waals surface area contributed by atoms with Gasteiger partial charge in [0.25, 0.3) is 5.91 Å². The van der Waals surface area contributed by atoms with E-state index in [9.17, 15) is 9.59 Å². The molecule has 0 fully saturated rings. The van der Waals surface area contributed by atoms with Gasteiger partial charge in [0.05, 0.1) is 12.0 Å². The number of carboxylic acid groups (broad SMARTS) is 1. The standard InChI is InChI=1S/C23H18ClN7O4S/c1-11-18(20(34)28-23-31-30-16(36-23)10-17(32)33)19(12-6-2-3-7-13(12)24)27-21(25-11)29-22-26-14-8-4-5-9-15(14)35-22/h2-9,19H,10H2,1H3,(H,32,33)(H,28,31,34)(H2,25,26,27,29). The molecule has 2 aromatic carbocycles. The van der Waals surface area contributed by atoms with Crippen LogP contribution in [0, 0.1) is 0 Å². The third kappa shape index (κ3) is 4.90. The third-order valence-electron chi connectivity index (χ3n) is 5.19. The fraction of sp³-hybridized carbons (Fsp3) is 0.130. The smallest absolute Gasteiger partial charge is 0.310 e. The van der Waals surface area contributed by atoms with E-state index >= 15 is 0 Å². The van der Waals surface area contributed by atoms with Crippen molar-refractivity contribution in [3.8, 4) is 0 Å². The zero-order valence-corrected chi connectivity index (χ0v) is 20.2. The number of guanidine groups is 1. The second kappa shape index (κ2) is 9.76. The topological polar surface area (TPSA) is 155 Å². The highest BCUT2D eigenvalue weighted by Gasteiger charge is 2.31. The molecule has 0 aliphatic carbocycles. The first-order valence-corrected chi connectivity index (χ1v) is 11.8. The van der Waals surface area contributed by atoms with Crippen molar-refractivity contribution in [2.45, 2.75) is 19.4 Å². The van der Waals surface area contributed by atoms with Crippen LogP contribution < -0.4 is 16.0 Å². The molecule has 4 aromatic rings. The Labute approximate surface area is 212 Å². The molecule has 2 aromatic heterocycles. The molecule has 0 spiro atoms. The maximum atomic E-state index is 13.3. The number of oxazole rings is 1. The summed E-state index contributed by atoms with van der Waals surface area (Å²) < 4.78 is 5.73. The number of para-hydroxylation sites is 2. The van der Waals surface area contributed by atoms with Gasteiger partial charge in [-0.05, 0) is 25.1 Å². The highest BCUT2D eigenvalue weighted by molar-refractivity contribution is 7.15. The first kappa shape index (κ1) is 23.5. The van der Waals surface area contributed by atoms with Gasteiger partial charge in [0, 0.05) is 16.3 Å². The molecule has 0 radical (unpaired) electrons. The average Bonchev–Trinajstić information content (AvgIpc) is 3.44. The van der Waals surface area contributed by atoms with Crippen LogP contribution in [0.5, 0.6) is 0 Å². The monoisotopic (exact) mass is 523 g/mol. The van der Waals surface area contributed by atoms with E-state index in [4.69, 9.17) is 26.1 Å². The number of carboxylic acids is 1. The maximum Gasteiger partial charge on any atom is 0.310 e. The summed E-state index contributed by atoms with van der Waals surface area (Å²) in [6.45, 7) is 1.73. The summed E-state index contributed by atoms with van der Waals surface area (Å²) in [5.41, 5.74) is 2.74. The summed E-state index contributed by atoms with van der Waals surface area (Å²) in [6.07, 6.45) is -0.284. The summed E-state index contributed by atoms with van der Waals surface area (Å²) in [5, 5.41) is 26.3. The molecule has 4 N–H and O–H groups in total. The summed E-state index contributed by atoms with van der Waals surface area (Å²) in [6, 6.07) is 13.9. The maximum absolute atomic E-state index is 13.3. The van der Waals surface area contributed by atoms with Crippen molar-refractivity contribution >= 4 is 63.0 Å². The van der Waals surface area contributed by atoms with Crippen LogP contribution in [0.1, 0.15) is 23.5 Å². The zero-order valence-electron chi connectivity index (χ0n) is 18.7. The Bertz CT molecular complexity index is 1510. The molecule has 3 heterocycles. The number of allylic oxidation sites excluding steroid dienone is 1. The van der Waals surface area contributed by atoms with Gasteiger partial charge < -0.3 is 14.8 Å². The number of amides is 1. The van der Waals surface area contributed by atoms with Crippen molar-refractivity contribution in [1.82, 2.24) is 20.5 Å². The molecule has 1 aliphatic rings. The normalized spacial score (nSPS) is 15.4. The van der Waals surface area contributed by atoms with Crippen molar-refractivity contribution in [2.24, 2.45) is 4.99 Å². The summed E-state index contributed by atoms with van der Waals surface area (Å²) >= 11 is 7.46. The molecule has 182 valence electrons. The Balaban J connectivity index is 1.45. The van der Waals surface area contributed by atoms with Gasteiger partial charge in [-0.1, -0.05) is 53.3 Å². The molecule has 1 aliphatic heterocycles. The van der Waals surface area contributed by atoms with Gasteiger partial charge >= 0.3 is 12.0 Å². The highest BCUT2D eigenvalue weighted by atomic mass is 35.5. The molecule has 5 rings (SSSR count). The van der Waals surface area contributed by atoms with E-state index < -0.39 is 17.9 Å². The van der Waals surface area contributed by atoms with Crippen LogP contribution in [0.15, 0.2) is 69.2 Å². The zero-order chi connectivity index (χ0) is 25.2. The Morgan fingerprint density at radius 1 is 1.17 bits per heavy atom.